The zero-order chi connectivity index (χ0) is 13.8. The van der Waals surface area contributed by atoms with Gasteiger partial charge in [-0.1, -0.05) is 29.3 Å². The second kappa shape index (κ2) is 6.42. The van der Waals surface area contributed by atoms with Gasteiger partial charge < -0.3 is 10.4 Å². The zero-order valence-electron chi connectivity index (χ0n) is 10.3. The Balaban J connectivity index is 1.82. The smallest absolute Gasteiger partial charge is 0.244 e. The topological polar surface area (TPSA) is 49.3 Å². The van der Waals surface area contributed by atoms with Crippen LogP contribution in [0.4, 0.5) is 0 Å². The minimum absolute atomic E-state index is 0.160. The molecule has 1 aliphatic rings. The van der Waals surface area contributed by atoms with Crippen molar-refractivity contribution in [2.75, 3.05) is 6.54 Å². The summed E-state index contributed by atoms with van der Waals surface area (Å²) in [5, 5.41) is 13.0. The van der Waals surface area contributed by atoms with Crippen molar-refractivity contribution in [3.8, 4) is 0 Å². The Kier molecular flexibility index (Phi) is 4.86. The first kappa shape index (κ1) is 14.4. The van der Waals surface area contributed by atoms with Crippen molar-refractivity contribution >= 4 is 35.2 Å². The molecule has 1 amide bonds. The van der Waals surface area contributed by atoms with E-state index < -0.39 is 0 Å². The van der Waals surface area contributed by atoms with E-state index in [9.17, 15) is 4.79 Å². The van der Waals surface area contributed by atoms with Crippen LogP contribution in [0.25, 0.3) is 6.08 Å². The Morgan fingerprint density at radius 3 is 2.79 bits per heavy atom. The molecule has 0 unspecified atom stereocenters. The Labute approximate surface area is 122 Å². The summed E-state index contributed by atoms with van der Waals surface area (Å²) in [6, 6.07) is 5.12. The second-order valence-electron chi connectivity index (χ2n) is 4.74. The van der Waals surface area contributed by atoms with Crippen molar-refractivity contribution in [2.45, 2.75) is 18.9 Å². The molecule has 5 heteroatoms. The van der Waals surface area contributed by atoms with Crippen LogP contribution in [0.3, 0.4) is 0 Å². The Morgan fingerprint density at radius 2 is 2.16 bits per heavy atom. The molecule has 0 aromatic heterocycles. The minimum atomic E-state index is -0.190. The van der Waals surface area contributed by atoms with Crippen LogP contribution in [-0.2, 0) is 4.79 Å². The summed E-state index contributed by atoms with van der Waals surface area (Å²) in [5.74, 6) is 0.235. The van der Waals surface area contributed by atoms with Crippen molar-refractivity contribution < 1.29 is 9.90 Å². The summed E-state index contributed by atoms with van der Waals surface area (Å²) >= 11 is 11.8. The average molecular weight is 300 g/mol. The molecule has 2 rings (SSSR count). The molecule has 0 spiro atoms. The van der Waals surface area contributed by atoms with Crippen LogP contribution in [0.15, 0.2) is 24.3 Å². The predicted molar refractivity (Wildman–Crippen MR) is 77.2 cm³/mol. The van der Waals surface area contributed by atoms with E-state index in [1.54, 1.807) is 24.3 Å². The van der Waals surface area contributed by atoms with Crippen molar-refractivity contribution in [2.24, 2.45) is 5.92 Å². The fourth-order valence-corrected chi connectivity index (χ4v) is 2.44. The Morgan fingerprint density at radius 1 is 1.42 bits per heavy atom. The number of carbonyl (C=O) groups is 1. The number of aliphatic hydroxyl groups is 1. The molecule has 19 heavy (non-hydrogen) atoms. The first-order valence-electron chi connectivity index (χ1n) is 6.13. The molecule has 102 valence electrons. The van der Waals surface area contributed by atoms with Crippen LogP contribution in [-0.4, -0.2) is 23.7 Å². The number of amides is 1. The summed E-state index contributed by atoms with van der Waals surface area (Å²) in [6.45, 7) is 0.606. The molecule has 1 fully saturated rings. The molecular weight excluding hydrogens is 285 g/mol. The lowest BCUT2D eigenvalue weighted by molar-refractivity contribution is -0.117. The van der Waals surface area contributed by atoms with Gasteiger partial charge in [0.15, 0.2) is 0 Å². The standard InChI is InChI=1S/C14H15Cl2NO2/c15-11-3-1-10(13(16)7-11)2-4-14(19)17-8-9-5-12(18)6-9/h1-4,7,9,12,18H,5-6,8H2,(H,17,19). The van der Waals surface area contributed by atoms with Crippen LogP contribution in [0.1, 0.15) is 18.4 Å². The van der Waals surface area contributed by atoms with Crippen molar-refractivity contribution in [1.29, 1.82) is 0 Å². The highest BCUT2D eigenvalue weighted by molar-refractivity contribution is 6.35. The molecule has 3 nitrogen and oxygen atoms in total. The lowest BCUT2D eigenvalue weighted by Gasteiger charge is -2.31. The van der Waals surface area contributed by atoms with Crippen molar-refractivity contribution in [1.82, 2.24) is 5.32 Å². The second-order valence-corrected chi connectivity index (χ2v) is 5.58. The lowest BCUT2D eigenvalue weighted by atomic mass is 9.82. The first-order valence-corrected chi connectivity index (χ1v) is 6.89. The summed E-state index contributed by atoms with van der Waals surface area (Å²) < 4.78 is 0. The fourth-order valence-electron chi connectivity index (χ4n) is 1.97. The van der Waals surface area contributed by atoms with Gasteiger partial charge in [-0.2, -0.15) is 0 Å². The van der Waals surface area contributed by atoms with Gasteiger partial charge in [0.25, 0.3) is 0 Å². The van der Waals surface area contributed by atoms with E-state index in [-0.39, 0.29) is 12.0 Å². The van der Waals surface area contributed by atoms with E-state index in [1.807, 2.05) is 0 Å². The van der Waals surface area contributed by atoms with E-state index >= 15 is 0 Å². The molecule has 0 atom stereocenters. The average Bonchev–Trinajstić information content (AvgIpc) is 2.32. The molecule has 2 N–H and O–H groups in total. The largest absolute Gasteiger partial charge is 0.393 e. The molecule has 0 heterocycles. The summed E-state index contributed by atoms with van der Waals surface area (Å²) in [7, 11) is 0. The zero-order valence-corrected chi connectivity index (χ0v) is 11.8. The first-order chi connectivity index (χ1) is 9.04. The number of rotatable bonds is 4. The maximum atomic E-state index is 11.6. The van der Waals surface area contributed by atoms with E-state index in [2.05, 4.69) is 5.32 Å². The SMILES string of the molecule is O=C(C=Cc1ccc(Cl)cc1Cl)NCC1CC(O)C1. The Hall–Kier alpha value is -1.03. The summed E-state index contributed by atoms with van der Waals surface area (Å²) in [6.07, 6.45) is 4.46. The molecule has 1 saturated carbocycles. The lowest BCUT2D eigenvalue weighted by Crippen LogP contribution is -2.37. The number of hydrogen-bond donors (Lipinski definition) is 2. The molecular formula is C14H15Cl2NO2. The third-order valence-corrected chi connectivity index (χ3v) is 3.71. The monoisotopic (exact) mass is 299 g/mol. The van der Waals surface area contributed by atoms with Crippen LogP contribution in [0.2, 0.25) is 10.0 Å². The summed E-state index contributed by atoms with van der Waals surface area (Å²) in [4.78, 5) is 11.6. The Bertz CT molecular complexity index is 496. The maximum absolute atomic E-state index is 11.6. The molecule has 1 aromatic carbocycles. The van der Waals surface area contributed by atoms with Gasteiger partial charge in [-0.15, -0.1) is 0 Å². The highest BCUT2D eigenvalue weighted by atomic mass is 35.5. The highest BCUT2D eigenvalue weighted by Crippen LogP contribution is 2.26. The van der Waals surface area contributed by atoms with Gasteiger partial charge in [0.1, 0.15) is 0 Å². The van der Waals surface area contributed by atoms with Gasteiger partial charge in [0, 0.05) is 22.7 Å². The predicted octanol–water partition coefficient (Wildman–Crippen LogP) is 2.89. The van der Waals surface area contributed by atoms with Crippen molar-refractivity contribution in [3.63, 3.8) is 0 Å². The maximum Gasteiger partial charge on any atom is 0.244 e. The third-order valence-electron chi connectivity index (χ3n) is 3.15. The van der Waals surface area contributed by atoms with Gasteiger partial charge in [-0.25, -0.2) is 0 Å². The number of aliphatic hydroxyl groups excluding tert-OH is 1. The quantitative estimate of drug-likeness (QED) is 0.840. The van der Waals surface area contributed by atoms with Crippen molar-refractivity contribution in [3.05, 3.63) is 39.9 Å². The van der Waals surface area contributed by atoms with Crippen LogP contribution in [0.5, 0.6) is 0 Å². The molecule has 0 saturated heterocycles. The van der Waals surface area contributed by atoms with Gasteiger partial charge in [-0.3, -0.25) is 4.79 Å². The van der Waals surface area contributed by atoms with Gasteiger partial charge >= 0.3 is 0 Å². The fraction of sp³-hybridized carbons (Fsp3) is 0.357. The van der Waals surface area contributed by atoms with Crippen LogP contribution < -0.4 is 5.32 Å². The molecule has 1 aromatic rings. The highest BCUT2D eigenvalue weighted by Gasteiger charge is 2.26. The van der Waals surface area contributed by atoms with Gasteiger partial charge in [0.2, 0.25) is 5.91 Å². The third kappa shape index (κ3) is 4.23. The molecule has 0 bridgehead atoms. The van der Waals surface area contributed by atoms with E-state index in [0.717, 1.165) is 18.4 Å². The molecule has 0 radical (unpaired) electrons. The number of benzene rings is 1. The summed E-state index contributed by atoms with van der Waals surface area (Å²) in [5.41, 5.74) is 0.750. The van der Waals surface area contributed by atoms with Gasteiger partial charge in [0.05, 0.1) is 6.10 Å². The van der Waals surface area contributed by atoms with Gasteiger partial charge in [-0.05, 0) is 42.5 Å². The van der Waals surface area contributed by atoms with E-state index in [4.69, 9.17) is 28.3 Å². The normalized spacial score (nSPS) is 22.3. The molecule has 0 aliphatic heterocycles. The molecule has 1 aliphatic carbocycles. The van der Waals surface area contributed by atoms with Crippen LogP contribution in [0, 0.1) is 5.92 Å². The number of nitrogens with one attached hydrogen (secondary N) is 1. The number of halogens is 2. The van der Waals surface area contributed by atoms with E-state index in [0.29, 0.717) is 22.5 Å². The number of hydrogen-bond acceptors (Lipinski definition) is 2. The minimum Gasteiger partial charge on any atom is -0.393 e. The van der Waals surface area contributed by atoms with Crippen LogP contribution >= 0.6 is 23.2 Å². The van der Waals surface area contributed by atoms with E-state index in [1.165, 1.54) is 6.08 Å². The number of carbonyl (C=O) groups excluding carboxylic acids is 1.